The van der Waals surface area contributed by atoms with Gasteiger partial charge in [-0.05, 0) is 30.7 Å². The summed E-state index contributed by atoms with van der Waals surface area (Å²) in [6, 6.07) is 6.47. The lowest BCUT2D eigenvalue weighted by Crippen LogP contribution is -2.25. The summed E-state index contributed by atoms with van der Waals surface area (Å²) in [5, 5.41) is 4.16. The molecule has 0 aliphatic carbocycles. The van der Waals surface area contributed by atoms with Crippen LogP contribution in [0.2, 0.25) is 5.02 Å². The topological polar surface area (TPSA) is 12.0 Å². The van der Waals surface area contributed by atoms with Gasteiger partial charge in [-0.2, -0.15) is 0 Å². The molecule has 0 heterocycles. The summed E-state index contributed by atoms with van der Waals surface area (Å²) in [6.45, 7) is 5.30. The van der Waals surface area contributed by atoms with Crippen LogP contribution in [0.3, 0.4) is 0 Å². The van der Waals surface area contributed by atoms with E-state index in [1.807, 2.05) is 12.1 Å². The second kappa shape index (κ2) is 5.74. The second-order valence-electron chi connectivity index (χ2n) is 3.59. The monoisotopic (exact) mass is 275 g/mol. The number of hydrogen-bond acceptors (Lipinski definition) is 1. The van der Waals surface area contributed by atoms with Crippen LogP contribution in [0, 0.1) is 0 Å². The molecule has 1 rings (SSSR count). The average Bonchev–Trinajstić information content (AvgIpc) is 2.08. The van der Waals surface area contributed by atoms with Gasteiger partial charge in [-0.3, -0.25) is 0 Å². The maximum absolute atomic E-state index is 5.86. The first-order chi connectivity index (χ1) is 6.59. The van der Waals surface area contributed by atoms with E-state index >= 15 is 0 Å². The summed E-state index contributed by atoms with van der Waals surface area (Å²) < 4.78 is 1.09. The molecule has 0 saturated carbocycles. The molecule has 0 saturated heterocycles. The molecule has 14 heavy (non-hydrogen) atoms. The van der Waals surface area contributed by atoms with Crippen molar-refractivity contribution in [3.05, 3.63) is 33.3 Å². The molecule has 1 nitrogen and oxygen atoms in total. The van der Waals surface area contributed by atoms with E-state index in [2.05, 4.69) is 41.2 Å². The van der Waals surface area contributed by atoms with Crippen LogP contribution in [-0.4, -0.2) is 12.6 Å². The van der Waals surface area contributed by atoms with Gasteiger partial charge in [0.1, 0.15) is 0 Å². The van der Waals surface area contributed by atoms with E-state index < -0.39 is 0 Å². The van der Waals surface area contributed by atoms with E-state index in [0.717, 1.165) is 22.5 Å². The van der Waals surface area contributed by atoms with Gasteiger partial charge >= 0.3 is 0 Å². The van der Waals surface area contributed by atoms with Crippen molar-refractivity contribution >= 4 is 27.5 Å². The fourth-order valence-electron chi connectivity index (χ4n) is 1.22. The Kier molecular flexibility index (Phi) is 4.93. The van der Waals surface area contributed by atoms with Crippen molar-refractivity contribution in [1.29, 1.82) is 0 Å². The van der Waals surface area contributed by atoms with Crippen LogP contribution < -0.4 is 5.32 Å². The Morgan fingerprint density at radius 1 is 1.43 bits per heavy atom. The molecule has 1 aromatic carbocycles. The summed E-state index contributed by atoms with van der Waals surface area (Å²) in [4.78, 5) is 0. The first-order valence-electron chi connectivity index (χ1n) is 4.77. The number of halogens is 2. The molecule has 0 aliphatic heterocycles. The Hall–Kier alpha value is -0.0500. The Labute approximate surface area is 99.0 Å². The van der Waals surface area contributed by atoms with E-state index in [-0.39, 0.29) is 0 Å². The van der Waals surface area contributed by atoms with Crippen molar-refractivity contribution in [2.45, 2.75) is 26.3 Å². The zero-order valence-electron chi connectivity index (χ0n) is 8.48. The molecule has 0 amide bonds. The van der Waals surface area contributed by atoms with Crippen molar-refractivity contribution in [3.8, 4) is 0 Å². The quantitative estimate of drug-likeness (QED) is 0.885. The fraction of sp³-hybridized carbons (Fsp3) is 0.455. The van der Waals surface area contributed by atoms with Gasteiger partial charge in [-0.1, -0.05) is 47.4 Å². The predicted octanol–water partition coefficient (Wildman–Crippen LogP) is 3.64. The van der Waals surface area contributed by atoms with Gasteiger partial charge in [0.15, 0.2) is 0 Å². The van der Waals surface area contributed by atoms with Crippen LogP contribution in [-0.2, 0) is 6.42 Å². The Bertz CT molecular complexity index is 299. The van der Waals surface area contributed by atoms with Gasteiger partial charge in [-0.15, -0.1) is 0 Å². The van der Waals surface area contributed by atoms with Crippen LogP contribution in [0.1, 0.15) is 19.4 Å². The summed E-state index contributed by atoms with van der Waals surface area (Å²) in [5.74, 6) is 0. The van der Waals surface area contributed by atoms with Crippen molar-refractivity contribution in [2.24, 2.45) is 0 Å². The zero-order chi connectivity index (χ0) is 10.6. The van der Waals surface area contributed by atoms with Gasteiger partial charge in [-0.25, -0.2) is 0 Å². The number of rotatable bonds is 4. The normalized spacial score (nSPS) is 10.9. The fourth-order valence-corrected chi connectivity index (χ4v) is 2.10. The van der Waals surface area contributed by atoms with Crippen molar-refractivity contribution < 1.29 is 0 Å². The highest BCUT2D eigenvalue weighted by molar-refractivity contribution is 9.10. The predicted molar refractivity (Wildman–Crippen MR) is 66.0 cm³/mol. The molecule has 0 spiro atoms. The standard InChI is InChI=1S/C11H15BrClN/c1-8(2)14-6-5-9-3-4-10(13)7-11(9)12/h3-4,7-8,14H,5-6H2,1-2H3. The first kappa shape index (κ1) is 12.0. The van der Waals surface area contributed by atoms with Crippen molar-refractivity contribution in [3.63, 3.8) is 0 Å². The zero-order valence-corrected chi connectivity index (χ0v) is 10.8. The lowest BCUT2D eigenvalue weighted by molar-refractivity contribution is 0.590. The molecule has 0 radical (unpaired) electrons. The van der Waals surface area contributed by atoms with E-state index in [4.69, 9.17) is 11.6 Å². The molecule has 0 aliphatic rings. The van der Waals surface area contributed by atoms with E-state index in [9.17, 15) is 0 Å². The maximum atomic E-state index is 5.86. The third-order valence-corrected chi connectivity index (χ3v) is 2.94. The van der Waals surface area contributed by atoms with Gasteiger partial charge < -0.3 is 5.32 Å². The van der Waals surface area contributed by atoms with Gasteiger partial charge in [0.2, 0.25) is 0 Å². The second-order valence-corrected chi connectivity index (χ2v) is 4.89. The summed E-state index contributed by atoms with van der Waals surface area (Å²) in [7, 11) is 0. The van der Waals surface area contributed by atoms with E-state index in [1.165, 1.54) is 5.56 Å². The van der Waals surface area contributed by atoms with Crippen LogP contribution in [0.5, 0.6) is 0 Å². The Balaban J connectivity index is 2.51. The molecule has 1 N–H and O–H groups in total. The highest BCUT2D eigenvalue weighted by atomic mass is 79.9. The molecule has 0 fully saturated rings. The van der Waals surface area contributed by atoms with Crippen LogP contribution in [0.4, 0.5) is 0 Å². The van der Waals surface area contributed by atoms with Gasteiger partial charge in [0.05, 0.1) is 0 Å². The number of nitrogens with one attached hydrogen (secondary N) is 1. The SMILES string of the molecule is CC(C)NCCc1ccc(Cl)cc1Br. The van der Waals surface area contributed by atoms with Crippen LogP contribution >= 0.6 is 27.5 Å². The Morgan fingerprint density at radius 3 is 2.71 bits per heavy atom. The molecule has 0 aromatic heterocycles. The summed E-state index contributed by atoms with van der Waals surface area (Å²) >= 11 is 9.36. The summed E-state index contributed by atoms with van der Waals surface area (Å²) in [6.07, 6.45) is 1.02. The smallest absolute Gasteiger partial charge is 0.0417 e. The van der Waals surface area contributed by atoms with E-state index in [0.29, 0.717) is 6.04 Å². The minimum Gasteiger partial charge on any atom is -0.314 e. The average molecular weight is 277 g/mol. The lowest BCUT2D eigenvalue weighted by atomic mass is 10.1. The van der Waals surface area contributed by atoms with Gasteiger partial charge in [0, 0.05) is 15.5 Å². The molecule has 1 aromatic rings. The maximum Gasteiger partial charge on any atom is 0.0417 e. The molecule has 3 heteroatoms. The molecule has 0 atom stereocenters. The number of hydrogen-bond donors (Lipinski definition) is 1. The Morgan fingerprint density at radius 2 is 2.14 bits per heavy atom. The van der Waals surface area contributed by atoms with Crippen molar-refractivity contribution in [1.82, 2.24) is 5.32 Å². The summed E-state index contributed by atoms with van der Waals surface area (Å²) in [5.41, 5.74) is 1.29. The molecular weight excluding hydrogens is 261 g/mol. The van der Waals surface area contributed by atoms with Crippen molar-refractivity contribution in [2.75, 3.05) is 6.54 Å². The first-order valence-corrected chi connectivity index (χ1v) is 5.94. The lowest BCUT2D eigenvalue weighted by Gasteiger charge is -2.09. The molecule has 0 bridgehead atoms. The molecule has 0 unspecified atom stereocenters. The van der Waals surface area contributed by atoms with E-state index in [1.54, 1.807) is 0 Å². The largest absolute Gasteiger partial charge is 0.314 e. The minimum absolute atomic E-state index is 0.543. The molecular formula is C11H15BrClN. The third-order valence-electron chi connectivity index (χ3n) is 1.96. The van der Waals surface area contributed by atoms with Gasteiger partial charge in [0.25, 0.3) is 0 Å². The minimum atomic E-state index is 0.543. The van der Waals surface area contributed by atoms with Crippen LogP contribution in [0.15, 0.2) is 22.7 Å². The van der Waals surface area contributed by atoms with Crippen LogP contribution in [0.25, 0.3) is 0 Å². The highest BCUT2D eigenvalue weighted by Gasteiger charge is 2.00. The third kappa shape index (κ3) is 3.99. The molecule has 78 valence electrons. The number of benzene rings is 1. The highest BCUT2D eigenvalue weighted by Crippen LogP contribution is 2.21.